The lowest BCUT2D eigenvalue weighted by Gasteiger charge is -2.56. The molecule has 2 aliphatic carbocycles. The molecule has 10 aliphatic heterocycles. The zero-order valence-electron chi connectivity index (χ0n) is 67.6. The smallest absolute Gasteiger partial charge is 0.212 e. The van der Waals surface area contributed by atoms with Crippen molar-refractivity contribution in [2.45, 2.75) is 106 Å². The largest absolute Gasteiger partial charge is 0.490 e. The number of pyridine rings is 9. The molecule has 0 radical (unpaired) electrons. The van der Waals surface area contributed by atoms with Gasteiger partial charge in [-0.3, -0.25) is 14.7 Å². The van der Waals surface area contributed by atoms with E-state index in [9.17, 15) is 31.4 Å². The molecule has 10 saturated heterocycles. The second-order valence-electron chi connectivity index (χ2n) is 33.4. The van der Waals surface area contributed by atoms with Gasteiger partial charge in [0.05, 0.1) is 139 Å². The van der Waals surface area contributed by atoms with Crippen LogP contribution in [0, 0.1) is 67.5 Å². The molecule has 12 aromatic heterocycles. The quantitative estimate of drug-likeness (QED) is 0.0568. The molecule has 121 heavy (non-hydrogen) atoms. The topological polar surface area (TPSA) is 349 Å². The van der Waals surface area contributed by atoms with Crippen molar-refractivity contribution in [3.05, 3.63) is 199 Å². The summed E-state index contributed by atoms with van der Waals surface area (Å²) in [5.74, 6) is 5.35. The number of nitrogens with zero attached hydrogens (tertiary/aromatic N) is 24. The van der Waals surface area contributed by atoms with Crippen LogP contribution < -0.4 is 43.9 Å². The number of ether oxygens (including phenoxy) is 5. The van der Waals surface area contributed by atoms with Crippen LogP contribution in [0.5, 0.6) is 23.4 Å². The summed E-state index contributed by atoms with van der Waals surface area (Å²) >= 11 is 0. The molecule has 610 valence electrons. The maximum Gasteiger partial charge on any atom is 0.212 e. The molecule has 0 aromatic carbocycles. The first-order valence-corrected chi connectivity index (χ1v) is 40.9. The number of nitriles is 5. The molecule has 2 saturated carbocycles. The van der Waals surface area contributed by atoms with Crippen molar-refractivity contribution in [2.75, 3.05) is 125 Å². The lowest BCUT2D eigenvalue weighted by Crippen LogP contribution is -2.68. The highest BCUT2D eigenvalue weighted by Crippen LogP contribution is 2.46. The number of piperidine rings is 3. The Balaban J connectivity index is 0.000000120. The molecule has 12 aliphatic rings. The number of likely N-dealkylation sites (N-methyl/N-ethyl adjacent to an activating group) is 1. The van der Waals surface area contributed by atoms with Crippen LogP contribution in [0.3, 0.4) is 0 Å². The second kappa shape index (κ2) is 31.9. The van der Waals surface area contributed by atoms with E-state index in [-0.39, 0.29) is 12.0 Å². The van der Waals surface area contributed by atoms with Gasteiger partial charge in [-0.05, 0) is 116 Å². The van der Waals surface area contributed by atoms with E-state index < -0.39 is 11.0 Å². The summed E-state index contributed by atoms with van der Waals surface area (Å²) in [5, 5.41) is 75.2. The van der Waals surface area contributed by atoms with E-state index in [4.69, 9.17) is 38.6 Å². The van der Waals surface area contributed by atoms with E-state index in [0.29, 0.717) is 108 Å². The molecule has 12 aromatic rings. The van der Waals surface area contributed by atoms with Crippen LogP contribution in [0.2, 0.25) is 0 Å². The van der Waals surface area contributed by atoms with Gasteiger partial charge in [0.1, 0.15) is 53.4 Å². The molecule has 24 rings (SSSR count). The third-order valence-electron chi connectivity index (χ3n) is 25.5. The normalized spacial score (nSPS) is 20.9. The molecule has 0 amide bonds. The van der Waals surface area contributed by atoms with Crippen LogP contribution in [0.1, 0.15) is 78.3 Å². The average Bonchev–Trinajstić information content (AvgIpc) is 0.847. The number of methoxy groups -OCH3 is 3. The van der Waals surface area contributed by atoms with Crippen molar-refractivity contribution in [1.29, 1.82) is 26.3 Å². The monoisotopic (exact) mass is 1620 g/mol. The Morgan fingerprint density at radius 2 is 0.876 bits per heavy atom. The van der Waals surface area contributed by atoms with Gasteiger partial charge in [0.15, 0.2) is 0 Å². The van der Waals surface area contributed by atoms with Crippen LogP contribution in [-0.2, 0) is 24.4 Å². The number of piperazine rings is 3. The Morgan fingerprint density at radius 3 is 1.22 bits per heavy atom. The molecule has 0 spiro atoms. The molecule has 6 atom stereocenters. The molecule has 31 heteroatoms. The van der Waals surface area contributed by atoms with Crippen molar-refractivity contribution >= 4 is 45.4 Å². The number of hydrogen-bond acceptors (Lipinski definition) is 28. The van der Waals surface area contributed by atoms with E-state index in [1.165, 1.54) is 36.0 Å². The summed E-state index contributed by atoms with van der Waals surface area (Å²) in [4.78, 5) is 44.4. The fourth-order valence-electron chi connectivity index (χ4n) is 18.1. The zero-order chi connectivity index (χ0) is 82.7. The Kier molecular flexibility index (Phi) is 20.4. The van der Waals surface area contributed by atoms with Gasteiger partial charge in [0.2, 0.25) is 17.6 Å². The van der Waals surface area contributed by atoms with Gasteiger partial charge in [0.25, 0.3) is 0 Å². The Hall–Kier alpha value is -13.6. The fraction of sp³-hybridized carbons (Fsp3) is 0.378. The lowest BCUT2D eigenvalue weighted by atomic mass is 9.87. The third-order valence-corrected chi connectivity index (χ3v) is 25.5. The van der Waals surface area contributed by atoms with Crippen LogP contribution in [0.4, 0.5) is 28.8 Å². The number of hydrogen-bond donors (Lipinski definition) is 2. The number of aliphatic hydroxyl groups is 1. The predicted octanol–water partition coefficient (Wildman–Crippen LogP) is 10.00. The maximum absolute atomic E-state index is 10.5. The van der Waals surface area contributed by atoms with Gasteiger partial charge >= 0.3 is 0 Å². The first-order valence-electron chi connectivity index (χ1n) is 40.9. The molecule has 31 nitrogen and oxygen atoms in total. The van der Waals surface area contributed by atoms with E-state index in [1.807, 2.05) is 99.1 Å². The minimum atomic E-state index is -0.628. The summed E-state index contributed by atoms with van der Waals surface area (Å²) in [6, 6.07) is 44.9. The summed E-state index contributed by atoms with van der Waals surface area (Å²) in [6.07, 6.45) is 28.7. The molecular weight excluding hydrogens is 1530 g/mol. The highest BCUT2D eigenvalue weighted by atomic mass is 16.5. The van der Waals surface area contributed by atoms with E-state index in [2.05, 4.69) is 149 Å². The number of anilines is 5. The predicted molar refractivity (Wildman–Crippen MR) is 449 cm³/mol. The van der Waals surface area contributed by atoms with Crippen LogP contribution in [0.25, 0.3) is 49.9 Å². The van der Waals surface area contributed by atoms with Gasteiger partial charge in [-0.25, -0.2) is 43.5 Å². The first kappa shape index (κ1) is 77.3. The average molecular weight is 1620 g/mol. The number of nitrogens with one attached hydrogen (secondary N) is 1. The molecular formula is C90H89N25O6. The Morgan fingerprint density at radius 1 is 0.471 bits per heavy atom. The SMILES string of the molecule is COc1ccc(CN2C3CC2CN(c2ccc(-c4cc(N(C)CC5(O)CC5)cn5ncc(C#N)c45)cn2)C3)cn1.COc1ccc(CN2C3CC2CN(c2ccc(-c4cc(NCC5(C#N)CC5)cn5ncc(C#N)c45)cn2)C3)cn1.COc1ccc(CN2C3CC2CN(c2ccc(-c4cc(OCC5(C#N)COC5)cn5ncc(C#N)c45)cn2)C3)cn1. The molecule has 6 unspecified atom stereocenters. The van der Waals surface area contributed by atoms with Crippen LogP contribution >= 0.6 is 0 Å². The molecule has 12 fully saturated rings. The maximum atomic E-state index is 10.5. The minimum absolute atomic E-state index is 0.224. The van der Waals surface area contributed by atoms with Gasteiger partial charge in [-0.1, -0.05) is 18.2 Å². The number of aromatic nitrogens is 12. The second-order valence-corrected chi connectivity index (χ2v) is 33.4. The third kappa shape index (κ3) is 15.4. The fourth-order valence-corrected chi connectivity index (χ4v) is 18.1. The summed E-state index contributed by atoms with van der Waals surface area (Å²) in [5.41, 5.74) is 12.9. The number of rotatable bonds is 24. The van der Waals surface area contributed by atoms with Crippen LogP contribution in [0.15, 0.2) is 165 Å². The van der Waals surface area contributed by atoms with E-state index >= 15 is 0 Å². The standard InChI is InChI=1S/C30H29N9O.C30H28N8O3.C30H32N8O2/c1-40-28-5-2-20(11-34-28)14-38-24-9-25(38)17-37(16-24)27-4-3-21(12-33-27)26-8-23(35-19-30(18-32)6-7-30)15-39-29(26)22(10-31)13-36-39;1-39-28-5-2-20(9-34-28)12-37-23-6-24(37)14-36(13-23)27-4-3-21(10-33-27)26-7-25(41-19-30(16-32)17-40-18-30)15-38-29(26)22(8-31)11-35-38;1-35(19-30(39)7-8-30)23-10-26(29-22(11-31)14-34-38(29)18-23)21-4-5-27(32-13-21)36-16-24-9-25(17-36)37(24)15-20-3-6-28(40-2)33-12-20/h2-5,8,11-13,15,24-25,35H,6-7,9,14,16-17,19H2,1H3;2-5,7,9-11,15,23-24H,6,12-14,17-19H2,1H3;3-6,10,12-14,18,24-25,39H,7-9,15-17,19H2,1-2H3. The van der Waals surface area contributed by atoms with Gasteiger partial charge in [-0.2, -0.15) is 41.6 Å². The van der Waals surface area contributed by atoms with Gasteiger partial charge in [0, 0.05) is 204 Å². The van der Waals surface area contributed by atoms with Crippen molar-refractivity contribution in [3.63, 3.8) is 0 Å². The van der Waals surface area contributed by atoms with E-state index in [1.54, 1.807) is 59.7 Å². The number of fused-ring (bicyclic) bond motifs is 9. The summed E-state index contributed by atoms with van der Waals surface area (Å²) in [6.45, 7) is 10.4. The van der Waals surface area contributed by atoms with Gasteiger partial charge < -0.3 is 53.7 Å². The highest BCUT2D eigenvalue weighted by molar-refractivity contribution is 5.89. The summed E-state index contributed by atoms with van der Waals surface area (Å²) < 4.78 is 32.0. The molecule has 2 N–H and O–H groups in total. The van der Waals surface area contributed by atoms with Crippen molar-refractivity contribution in [2.24, 2.45) is 10.8 Å². The molecule has 22 heterocycles. The highest BCUT2D eigenvalue weighted by Gasteiger charge is 2.49. The zero-order valence-corrected chi connectivity index (χ0v) is 67.6. The van der Waals surface area contributed by atoms with Crippen LogP contribution in [-0.4, -0.2) is 221 Å². The Bertz CT molecular complexity index is 6040. The van der Waals surface area contributed by atoms with Crippen molar-refractivity contribution in [3.8, 4) is 87.1 Å². The van der Waals surface area contributed by atoms with Crippen molar-refractivity contribution < 1.29 is 28.8 Å². The molecule has 6 bridgehead atoms. The minimum Gasteiger partial charge on any atom is -0.490 e. The van der Waals surface area contributed by atoms with Gasteiger partial charge in [-0.15, -0.1) is 0 Å². The first-order chi connectivity index (χ1) is 59.1. The van der Waals surface area contributed by atoms with Crippen molar-refractivity contribution in [1.82, 2.24) is 73.4 Å². The van der Waals surface area contributed by atoms with E-state index in [0.717, 1.165) is 158 Å². The summed E-state index contributed by atoms with van der Waals surface area (Å²) in [7, 11) is 6.88. The Labute approximate surface area is 699 Å². The lowest BCUT2D eigenvalue weighted by molar-refractivity contribution is -0.0963.